The Morgan fingerprint density at radius 1 is 1.36 bits per heavy atom. The van der Waals surface area contributed by atoms with Crippen LogP contribution in [0.5, 0.6) is 0 Å². The third-order valence-electron chi connectivity index (χ3n) is 1.74. The molecule has 0 fully saturated rings. The van der Waals surface area contributed by atoms with Gasteiger partial charge in [-0.2, -0.15) is 15.5 Å². The SMILES string of the molecule is Cc1cnc(C#N)c(-n2nccn2)c1. The lowest BCUT2D eigenvalue weighted by atomic mass is 10.2. The number of aromatic nitrogens is 4. The van der Waals surface area contributed by atoms with Gasteiger partial charge in [-0.15, -0.1) is 4.80 Å². The van der Waals surface area contributed by atoms with Crippen molar-refractivity contribution in [3.05, 3.63) is 35.9 Å². The van der Waals surface area contributed by atoms with Gasteiger partial charge in [0, 0.05) is 6.20 Å². The van der Waals surface area contributed by atoms with Crippen molar-refractivity contribution in [2.24, 2.45) is 0 Å². The molecule has 0 atom stereocenters. The fourth-order valence-corrected chi connectivity index (χ4v) is 1.13. The summed E-state index contributed by atoms with van der Waals surface area (Å²) in [6.45, 7) is 1.90. The van der Waals surface area contributed by atoms with Crippen molar-refractivity contribution in [3.8, 4) is 11.8 Å². The number of nitrogens with zero attached hydrogens (tertiary/aromatic N) is 5. The average Bonchev–Trinajstić information content (AvgIpc) is 2.70. The molecule has 0 aliphatic carbocycles. The van der Waals surface area contributed by atoms with Crippen molar-refractivity contribution in [2.75, 3.05) is 0 Å². The number of rotatable bonds is 1. The maximum atomic E-state index is 8.83. The van der Waals surface area contributed by atoms with E-state index in [-0.39, 0.29) is 0 Å². The van der Waals surface area contributed by atoms with Gasteiger partial charge in [-0.05, 0) is 18.6 Å². The van der Waals surface area contributed by atoms with Gasteiger partial charge in [0.05, 0.1) is 12.4 Å². The molecule has 5 heteroatoms. The number of hydrogen-bond acceptors (Lipinski definition) is 4. The van der Waals surface area contributed by atoms with E-state index in [2.05, 4.69) is 15.2 Å². The first-order chi connectivity index (χ1) is 6.81. The van der Waals surface area contributed by atoms with Gasteiger partial charge in [-0.25, -0.2) is 4.98 Å². The molecule has 0 unspecified atom stereocenters. The van der Waals surface area contributed by atoms with Crippen LogP contribution in [0, 0.1) is 18.3 Å². The lowest BCUT2D eigenvalue weighted by Gasteiger charge is -2.01. The predicted molar refractivity (Wildman–Crippen MR) is 48.6 cm³/mol. The fraction of sp³-hybridized carbons (Fsp3) is 0.111. The third-order valence-corrected chi connectivity index (χ3v) is 1.74. The van der Waals surface area contributed by atoms with Crippen molar-refractivity contribution >= 4 is 0 Å². The van der Waals surface area contributed by atoms with Crippen molar-refractivity contribution in [3.63, 3.8) is 0 Å². The number of aryl methyl sites for hydroxylation is 1. The van der Waals surface area contributed by atoms with E-state index in [0.717, 1.165) is 5.56 Å². The summed E-state index contributed by atoms with van der Waals surface area (Å²) >= 11 is 0. The molecule has 14 heavy (non-hydrogen) atoms. The molecule has 2 rings (SSSR count). The molecule has 0 saturated carbocycles. The molecular weight excluding hydrogens is 178 g/mol. The van der Waals surface area contributed by atoms with E-state index in [9.17, 15) is 0 Å². The Kier molecular flexibility index (Phi) is 1.95. The number of nitriles is 1. The molecule has 2 aromatic heterocycles. The predicted octanol–water partition coefficient (Wildman–Crippen LogP) is 0.842. The van der Waals surface area contributed by atoms with Crippen LogP contribution in [0.3, 0.4) is 0 Å². The Labute approximate surface area is 80.6 Å². The van der Waals surface area contributed by atoms with E-state index in [1.54, 1.807) is 18.6 Å². The minimum atomic E-state index is 0.326. The Bertz CT molecular complexity index is 480. The standard InChI is InChI=1S/C9H7N5/c1-7-4-9(8(5-10)11-6-7)14-12-2-3-13-14/h2-4,6H,1H3. The van der Waals surface area contributed by atoms with E-state index in [1.165, 1.54) is 4.80 Å². The summed E-state index contributed by atoms with van der Waals surface area (Å²) in [7, 11) is 0. The second-order valence-electron chi connectivity index (χ2n) is 2.81. The van der Waals surface area contributed by atoms with Crippen molar-refractivity contribution in [2.45, 2.75) is 6.92 Å². The maximum Gasteiger partial charge on any atom is 0.168 e. The van der Waals surface area contributed by atoms with Gasteiger partial charge in [-0.3, -0.25) is 0 Å². The molecule has 2 aromatic rings. The fourth-order valence-electron chi connectivity index (χ4n) is 1.13. The highest BCUT2D eigenvalue weighted by Gasteiger charge is 2.06. The highest BCUT2D eigenvalue weighted by molar-refractivity contribution is 5.43. The van der Waals surface area contributed by atoms with Gasteiger partial charge < -0.3 is 0 Å². The smallest absolute Gasteiger partial charge is 0.168 e. The molecule has 0 N–H and O–H groups in total. The molecular formula is C9H7N5. The lowest BCUT2D eigenvalue weighted by molar-refractivity contribution is 0.744. The molecule has 0 radical (unpaired) electrons. The van der Waals surface area contributed by atoms with E-state index < -0.39 is 0 Å². The zero-order chi connectivity index (χ0) is 9.97. The van der Waals surface area contributed by atoms with Crippen molar-refractivity contribution in [1.82, 2.24) is 20.0 Å². The average molecular weight is 185 g/mol. The third kappa shape index (κ3) is 1.33. The van der Waals surface area contributed by atoms with Crippen LogP contribution in [0.25, 0.3) is 5.69 Å². The van der Waals surface area contributed by atoms with Crippen molar-refractivity contribution < 1.29 is 0 Å². The second-order valence-corrected chi connectivity index (χ2v) is 2.81. The minimum absolute atomic E-state index is 0.326. The van der Waals surface area contributed by atoms with Gasteiger partial charge in [0.25, 0.3) is 0 Å². The molecule has 0 saturated heterocycles. The molecule has 68 valence electrons. The van der Waals surface area contributed by atoms with Crippen LogP contribution in [0.4, 0.5) is 0 Å². The van der Waals surface area contributed by atoms with E-state index >= 15 is 0 Å². The Hall–Kier alpha value is -2.22. The first-order valence-corrected chi connectivity index (χ1v) is 4.04. The lowest BCUT2D eigenvalue weighted by Crippen LogP contribution is -2.03. The van der Waals surface area contributed by atoms with Crippen LogP contribution >= 0.6 is 0 Å². The molecule has 0 spiro atoms. The van der Waals surface area contributed by atoms with E-state index in [0.29, 0.717) is 11.4 Å². The first kappa shape index (κ1) is 8.38. The van der Waals surface area contributed by atoms with Gasteiger partial charge >= 0.3 is 0 Å². The van der Waals surface area contributed by atoms with Crippen LogP contribution in [-0.4, -0.2) is 20.0 Å². The normalized spacial score (nSPS) is 9.71. The molecule has 5 nitrogen and oxygen atoms in total. The summed E-state index contributed by atoms with van der Waals surface area (Å²) < 4.78 is 0. The van der Waals surface area contributed by atoms with Gasteiger partial charge in [-0.1, -0.05) is 0 Å². The molecule has 0 aliphatic rings. The monoisotopic (exact) mass is 185 g/mol. The van der Waals surface area contributed by atoms with Crippen LogP contribution in [-0.2, 0) is 0 Å². The number of pyridine rings is 1. The molecule has 0 bridgehead atoms. The maximum absolute atomic E-state index is 8.83. The zero-order valence-corrected chi connectivity index (χ0v) is 7.55. The zero-order valence-electron chi connectivity index (χ0n) is 7.55. The first-order valence-electron chi connectivity index (χ1n) is 4.04. The summed E-state index contributed by atoms with van der Waals surface area (Å²) in [5, 5.41) is 16.7. The van der Waals surface area contributed by atoms with Crippen LogP contribution < -0.4 is 0 Å². The largest absolute Gasteiger partial charge is 0.243 e. The van der Waals surface area contributed by atoms with Gasteiger partial charge in [0.1, 0.15) is 11.8 Å². The van der Waals surface area contributed by atoms with Gasteiger partial charge in [0.2, 0.25) is 0 Å². The van der Waals surface area contributed by atoms with E-state index in [4.69, 9.17) is 5.26 Å². The highest BCUT2D eigenvalue weighted by Crippen LogP contribution is 2.10. The van der Waals surface area contributed by atoms with Crippen LogP contribution in [0.1, 0.15) is 11.3 Å². The summed E-state index contributed by atoms with van der Waals surface area (Å²) in [5.74, 6) is 0. The quantitative estimate of drug-likeness (QED) is 0.660. The van der Waals surface area contributed by atoms with Crippen molar-refractivity contribution in [1.29, 1.82) is 5.26 Å². The summed E-state index contributed by atoms with van der Waals surface area (Å²) in [6, 6.07) is 3.82. The topological polar surface area (TPSA) is 67.4 Å². The Morgan fingerprint density at radius 2 is 2.07 bits per heavy atom. The summed E-state index contributed by atoms with van der Waals surface area (Å²) in [6.07, 6.45) is 4.76. The molecule has 2 heterocycles. The Morgan fingerprint density at radius 3 is 2.71 bits per heavy atom. The number of hydrogen-bond donors (Lipinski definition) is 0. The van der Waals surface area contributed by atoms with Gasteiger partial charge in [0.15, 0.2) is 5.69 Å². The molecule has 0 aromatic carbocycles. The second kappa shape index (κ2) is 3.26. The summed E-state index contributed by atoms with van der Waals surface area (Å²) in [5.41, 5.74) is 1.90. The highest BCUT2D eigenvalue weighted by atomic mass is 15.5. The molecule has 0 amide bonds. The molecule has 0 aliphatic heterocycles. The minimum Gasteiger partial charge on any atom is -0.243 e. The van der Waals surface area contributed by atoms with Crippen LogP contribution in [0.2, 0.25) is 0 Å². The van der Waals surface area contributed by atoms with Crippen LogP contribution in [0.15, 0.2) is 24.7 Å². The van der Waals surface area contributed by atoms with E-state index in [1.807, 2.05) is 19.1 Å². The Balaban J connectivity index is 2.63. The summed E-state index contributed by atoms with van der Waals surface area (Å²) in [4.78, 5) is 5.38.